The van der Waals surface area contributed by atoms with E-state index in [1.807, 2.05) is 24.3 Å². The number of primary amides is 1. The molecular weight excluding hydrogens is 256 g/mol. The van der Waals surface area contributed by atoms with Gasteiger partial charge in [-0.2, -0.15) is 0 Å². The molecule has 108 valence electrons. The van der Waals surface area contributed by atoms with Crippen molar-refractivity contribution in [3.8, 4) is 0 Å². The van der Waals surface area contributed by atoms with Crippen molar-refractivity contribution >= 4 is 23.7 Å². The number of nitrogens with zero attached hydrogens (tertiary/aromatic N) is 1. The molecule has 1 aliphatic rings. The van der Waals surface area contributed by atoms with Crippen LogP contribution in [0.3, 0.4) is 0 Å². The Bertz CT molecular complexity index is 496. The summed E-state index contributed by atoms with van der Waals surface area (Å²) in [6, 6.07) is 7.63. The quantitative estimate of drug-likeness (QED) is 0.675. The first-order chi connectivity index (χ1) is 9.63. The minimum atomic E-state index is -0.621. The number of benzene rings is 1. The Balaban J connectivity index is 2.15. The molecule has 1 aliphatic heterocycles. The van der Waals surface area contributed by atoms with Crippen LogP contribution in [0.2, 0.25) is 0 Å². The van der Waals surface area contributed by atoms with E-state index in [4.69, 9.17) is 5.73 Å². The highest BCUT2D eigenvalue weighted by atomic mass is 16.1. The lowest BCUT2D eigenvalue weighted by molar-refractivity contribution is -0.125. The third-order valence-corrected chi connectivity index (χ3v) is 4.03. The molecule has 0 aliphatic carbocycles. The first-order valence-electron chi connectivity index (χ1n) is 6.66. The summed E-state index contributed by atoms with van der Waals surface area (Å²) in [4.78, 5) is 24.4. The Morgan fingerprint density at radius 2 is 2.00 bits per heavy atom. The number of likely N-dealkylation sites (N-methyl/N-ethyl adjacent to an activating group) is 1. The van der Waals surface area contributed by atoms with Crippen molar-refractivity contribution < 1.29 is 9.59 Å². The standard InChI is InChI=1S/C14H20N4O2/c1-16-14(13(15)20)6-8-18(9-7-14)12-5-3-2-4-11(12)17-10-19/h2-5,10,16H,6-9H2,1H3,(H2,15,20)(H,17,19). The predicted octanol–water partition coefficient (Wildman–Crippen LogP) is 0.299. The molecule has 0 spiro atoms. The lowest BCUT2D eigenvalue weighted by Gasteiger charge is -2.40. The van der Waals surface area contributed by atoms with Crippen LogP contribution in [0, 0.1) is 0 Å². The van der Waals surface area contributed by atoms with E-state index in [9.17, 15) is 9.59 Å². The second kappa shape index (κ2) is 5.92. The number of carbonyl (C=O) groups is 2. The topological polar surface area (TPSA) is 87.5 Å². The summed E-state index contributed by atoms with van der Waals surface area (Å²) in [6.45, 7) is 1.42. The van der Waals surface area contributed by atoms with Crippen molar-refractivity contribution in [3.05, 3.63) is 24.3 Å². The normalized spacial score (nSPS) is 17.6. The first kappa shape index (κ1) is 14.3. The maximum Gasteiger partial charge on any atom is 0.237 e. The van der Waals surface area contributed by atoms with E-state index in [0.717, 1.165) is 11.4 Å². The van der Waals surface area contributed by atoms with Crippen molar-refractivity contribution in [2.75, 3.05) is 30.4 Å². The van der Waals surface area contributed by atoms with Crippen LogP contribution in [0.15, 0.2) is 24.3 Å². The van der Waals surface area contributed by atoms with E-state index in [-0.39, 0.29) is 5.91 Å². The van der Waals surface area contributed by atoms with Crippen LogP contribution in [0.25, 0.3) is 0 Å². The average Bonchev–Trinajstić information content (AvgIpc) is 2.48. The van der Waals surface area contributed by atoms with Gasteiger partial charge in [-0.25, -0.2) is 0 Å². The Kier molecular flexibility index (Phi) is 4.24. The molecule has 0 radical (unpaired) electrons. The third kappa shape index (κ3) is 2.60. The van der Waals surface area contributed by atoms with E-state index in [1.54, 1.807) is 7.05 Å². The minimum absolute atomic E-state index is 0.307. The van der Waals surface area contributed by atoms with Crippen LogP contribution in [0.5, 0.6) is 0 Å². The van der Waals surface area contributed by atoms with Gasteiger partial charge in [-0.05, 0) is 32.0 Å². The molecule has 6 heteroatoms. The molecule has 2 amide bonds. The SMILES string of the molecule is CNC1(C(N)=O)CCN(c2ccccc2NC=O)CC1. The molecule has 2 rings (SSSR count). The number of nitrogens with two attached hydrogens (primary N) is 1. The van der Waals surface area contributed by atoms with Crippen molar-refractivity contribution in [1.29, 1.82) is 0 Å². The molecule has 0 aromatic heterocycles. The zero-order valence-electron chi connectivity index (χ0n) is 11.6. The van der Waals surface area contributed by atoms with Crippen LogP contribution in [-0.2, 0) is 9.59 Å². The number of rotatable bonds is 5. The second-order valence-corrected chi connectivity index (χ2v) is 4.96. The Labute approximate surface area is 118 Å². The fourth-order valence-corrected chi connectivity index (χ4v) is 2.68. The highest BCUT2D eigenvalue weighted by Crippen LogP contribution is 2.30. The number of piperidine rings is 1. The Morgan fingerprint density at radius 1 is 1.35 bits per heavy atom. The minimum Gasteiger partial charge on any atom is -0.370 e. The van der Waals surface area contributed by atoms with Crippen molar-refractivity contribution in [2.24, 2.45) is 5.73 Å². The molecular formula is C14H20N4O2. The van der Waals surface area contributed by atoms with Crippen LogP contribution >= 0.6 is 0 Å². The molecule has 1 heterocycles. The number of para-hydroxylation sites is 2. The van der Waals surface area contributed by atoms with E-state index >= 15 is 0 Å². The van der Waals surface area contributed by atoms with E-state index < -0.39 is 5.54 Å². The molecule has 4 N–H and O–H groups in total. The summed E-state index contributed by atoms with van der Waals surface area (Å²) in [5.74, 6) is -0.307. The van der Waals surface area contributed by atoms with Gasteiger partial charge in [0.25, 0.3) is 0 Å². The lowest BCUT2D eigenvalue weighted by atomic mass is 9.86. The number of anilines is 2. The van der Waals surface area contributed by atoms with Gasteiger partial charge in [0.05, 0.1) is 11.4 Å². The predicted molar refractivity (Wildman–Crippen MR) is 78.6 cm³/mol. The van der Waals surface area contributed by atoms with Crippen molar-refractivity contribution in [1.82, 2.24) is 5.32 Å². The Hall–Kier alpha value is -2.08. The average molecular weight is 276 g/mol. The van der Waals surface area contributed by atoms with Gasteiger partial charge >= 0.3 is 0 Å². The lowest BCUT2D eigenvalue weighted by Crippen LogP contribution is -2.59. The maximum absolute atomic E-state index is 11.6. The molecule has 0 unspecified atom stereocenters. The van der Waals surface area contributed by atoms with Gasteiger partial charge in [0.15, 0.2) is 0 Å². The Morgan fingerprint density at radius 3 is 2.55 bits per heavy atom. The summed E-state index contributed by atoms with van der Waals surface area (Å²) in [6.07, 6.45) is 1.96. The number of amides is 2. The molecule has 1 aromatic rings. The molecule has 1 fully saturated rings. The summed E-state index contributed by atoms with van der Waals surface area (Å²) in [7, 11) is 1.77. The number of hydrogen-bond acceptors (Lipinski definition) is 4. The maximum atomic E-state index is 11.6. The fraction of sp³-hybridized carbons (Fsp3) is 0.429. The van der Waals surface area contributed by atoms with Crippen molar-refractivity contribution in [2.45, 2.75) is 18.4 Å². The monoisotopic (exact) mass is 276 g/mol. The molecule has 0 atom stereocenters. The summed E-state index contributed by atoms with van der Waals surface area (Å²) in [5.41, 5.74) is 6.62. The molecule has 1 aromatic carbocycles. The van der Waals surface area contributed by atoms with Gasteiger partial charge in [0.2, 0.25) is 12.3 Å². The zero-order valence-corrected chi connectivity index (χ0v) is 11.6. The van der Waals surface area contributed by atoms with Crippen LogP contribution in [-0.4, -0.2) is 38.0 Å². The van der Waals surface area contributed by atoms with Gasteiger partial charge in [-0.1, -0.05) is 12.1 Å². The number of carbonyl (C=O) groups excluding carboxylic acids is 2. The van der Waals surface area contributed by atoms with E-state index in [0.29, 0.717) is 32.3 Å². The van der Waals surface area contributed by atoms with Gasteiger partial charge < -0.3 is 21.3 Å². The highest BCUT2D eigenvalue weighted by Gasteiger charge is 2.38. The van der Waals surface area contributed by atoms with Crippen LogP contribution in [0.4, 0.5) is 11.4 Å². The first-order valence-corrected chi connectivity index (χ1v) is 6.66. The van der Waals surface area contributed by atoms with Crippen molar-refractivity contribution in [3.63, 3.8) is 0 Å². The van der Waals surface area contributed by atoms with E-state index in [1.165, 1.54) is 0 Å². The number of hydrogen-bond donors (Lipinski definition) is 3. The third-order valence-electron chi connectivity index (χ3n) is 4.03. The molecule has 1 saturated heterocycles. The summed E-state index contributed by atoms with van der Waals surface area (Å²) < 4.78 is 0. The summed E-state index contributed by atoms with van der Waals surface area (Å²) >= 11 is 0. The molecule has 0 bridgehead atoms. The van der Waals surface area contributed by atoms with Crippen LogP contribution < -0.4 is 21.3 Å². The van der Waals surface area contributed by atoms with Gasteiger partial charge in [0, 0.05) is 13.1 Å². The molecule has 0 saturated carbocycles. The zero-order chi connectivity index (χ0) is 14.6. The highest BCUT2D eigenvalue weighted by molar-refractivity contribution is 5.86. The van der Waals surface area contributed by atoms with Gasteiger partial charge in [-0.3, -0.25) is 9.59 Å². The summed E-state index contributed by atoms with van der Waals surface area (Å²) in [5, 5.41) is 5.76. The largest absolute Gasteiger partial charge is 0.370 e. The molecule has 20 heavy (non-hydrogen) atoms. The number of nitrogens with one attached hydrogen (secondary N) is 2. The van der Waals surface area contributed by atoms with Crippen LogP contribution in [0.1, 0.15) is 12.8 Å². The van der Waals surface area contributed by atoms with Gasteiger partial charge in [0.1, 0.15) is 5.54 Å². The molecule has 6 nitrogen and oxygen atoms in total. The van der Waals surface area contributed by atoms with Gasteiger partial charge in [-0.15, -0.1) is 0 Å². The second-order valence-electron chi connectivity index (χ2n) is 4.96. The van der Waals surface area contributed by atoms with E-state index in [2.05, 4.69) is 15.5 Å². The smallest absolute Gasteiger partial charge is 0.237 e. The fourth-order valence-electron chi connectivity index (χ4n) is 2.68.